The number of carbonyl (C=O) groups excluding carboxylic acids is 1. The van der Waals surface area contributed by atoms with Crippen molar-refractivity contribution in [1.29, 1.82) is 0 Å². The lowest BCUT2D eigenvalue weighted by Crippen LogP contribution is -2.57. The van der Waals surface area contributed by atoms with Gasteiger partial charge in [0.2, 0.25) is 0 Å². The van der Waals surface area contributed by atoms with Crippen molar-refractivity contribution in [1.82, 2.24) is 5.32 Å². The maximum absolute atomic E-state index is 12.2. The Labute approximate surface area is 122 Å². The van der Waals surface area contributed by atoms with Crippen LogP contribution in [-0.2, 0) is 19.0 Å². The average Bonchev–Trinajstić information content (AvgIpc) is 3.17. The summed E-state index contributed by atoms with van der Waals surface area (Å²) in [7, 11) is 1.80. The summed E-state index contributed by atoms with van der Waals surface area (Å²) in [4.78, 5) is 12.2. The van der Waals surface area contributed by atoms with Crippen LogP contribution in [0.15, 0.2) is 0 Å². The van der Waals surface area contributed by atoms with Gasteiger partial charge >= 0.3 is 5.97 Å². The molecule has 0 bridgehead atoms. The SMILES string of the molecule is CCOC(=O)C(COCCOC(C)(C)C)(NC)C1CC1. The molecule has 5 heteroatoms. The van der Waals surface area contributed by atoms with Crippen LogP contribution in [-0.4, -0.2) is 50.6 Å². The first-order chi connectivity index (χ1) is 9.35. The first-order valence-corrected chi connectivity index (χ1v) is 7.43. The number of hydrogen-bond donors (Lipinski definition) is 1. The molecule has 0 spiro atoms. The summed E-state index contributed by atoms with van der Waals surface area (Å²) in [5.41, 5.74) is -0.862. The molecule has 0 aromatic carbocycles. The molecule has 1 unspecified atom stereocenters. The van der Waals surface area contributed by atoms with Gasteiger partial charge in [-0.3, -0.25) is 0 Å². The van der Waals surface area contributed by atoms with Gasteiger partial charge in [0.25, 0.3) is 0 Å². The zero-order valence-corrected chi connectivity index (χ0v) is 13.5. The maximum atomic E-state index is 12.2. The third-order valence-corrected chi connectivity index (χ3v) is 3.45. The molecule has 0 heterocycles. The summed E-state index contributed by atoms with van der Waals surface area (Å²) in [6.45, 7) is 9.57. The van der Waals surface area contributed by atoms with Gasteiger partial charge < -0.3 is 19.5 Å². The molecule has 0 saturated heterocycles. The van der Waals surface area contributed by atoms with Crippen molar-refractivity contribution < 1.29 is 19.0 Å². The van der Waals surface area contributed by atoms with E-state index in [0.29, 0.717) is 32.3 Å². The standard InChI is InChI=1S/C15H29NO4/c1-6-19-13(17)15(16-5,12-7-8-12)11-18-9-10-20-14(2,3)4/h12,16H,6-11H2,1-5H3. The van der Waals surface area contributed by atoms with Gasteiger partial charge in [-0.15, -0.1) is 0 Å². The zero-order valence-electron chi connectivity index (χ0n) is 13.5. The molecule has 1 N–H and O–H groups in total. The van der Waals surface area contributed by atoms with E-state index in [1.807, 2.05) is 27.7 Å². The number of carbonyl (C=O) groups is 1. The molecule has 1 aliphatic carbocycles. The van der Waals surface area contributed by atoms with E-state index >= 15 is 0 Å². The van der Waals surface area contributed by atoms with Gasteiger partial charge in [0, 0.05) is 0 Å². The summed E-state index contributed by atoms with van der Waals surface area (Å²) >= 11 is 0. The van der Waals surface area contributed by atoms with Crippen LogP contribution in [0.1, 0.15) is 40.5 Å². The monoisotopic (exact) mass is 287 g/mol. The molecule has 1 aliphatic rings. The van der Waals surface area contributed by atoms with Crippen LogP contribution in [0.4, 0.5) is 0 Å². The molecular formula is C15H29NO4. The van der Waals surface area contributed by atoms with Gasteiger partial charge in [-0.2, -0.15) is 0 Å². The second-order valence-electron chi connectivity index (χ2n) is 6.23. The van der Waals surface area contributed by atoms with Gasteiger partial charge in [-0.1, -0.05) is 0 Å². The number of nitrogens with one attached hydrogen (secondary N) is 1. The first-order valence-electron chi connectivity index (χ1n) is 7.43. The Bertz CT molecular complexity index is 309. The first kappa shape index (κ1) is 17.4. The van der Waals surface area contributed by atoms with Crippen molar-refractivity contribution >= 4 is 5.97 Å². The fraction of sp³-hybridized carbons (Fsp3) is 0.933. The minimum absolute atomic E-state index is 0.166. The van der Waals surface area contributed by atoms with E-state index < -0.39 is 5.54 Å². The summed E-state index contributed by atoms with van der Waals surface area (Å²) in [6.07, 6.45) is 2.09. The van der Waals surface area contributed by atoms with E-state index in [4.69, 9.17) is 14.2 Å². The zero-order chi connectivity index (χ0) is 15.2. The highest BCUT2D eigenvalue weighted by atomic mass is 16.5. The predicted octanol–water partition coefficient (Wildman–Crippen LogP) is 1.75. The Balaban J connectivity index is 2.43. The van der Waals surface area contributed by atoms with Gasteiger partial charge in [-0.05, 0) is 53.5 Å². The molecule has 5 nitrogen and oxygen atoms in total. The molecule has 1 atom stereocenters. The number of ether oxygens (including phenoxy) is 3. The molecule has 118 valence electrons. The fourth-order valence-corrected chi connectivity index (χ4v) is 2.20. The Kier molecular flexibility index (Phi) is 6.43. The van der Waals surface area contributed by atoms with Crippen molar-refractivity contribution in [2.24, 2.45) is 5.92 Å². The summed E-state index contributed by atoms with van der Waals surface area (Å²) in [5.74, 6) is 0.108. The van der Waals surface area contributed by atoms with E-state index in [0.717, 1.165) is 12.8 Å². The summed E-state index contributed by atoms with van der Waals surface area (Å²) < 4.78 is 16.5. The Morgan fingerprint density at radius 2 is 1.90 bits per heavy atom. The van der Waals surface area contributed by atoms with E-state index in [-0.39, 0.29) is 11.6 Å². The van der Waals surface area contributed by atoms with Crippen molar-refractivity contribution in [3.05, 3.63) is 0 Å². The van der Waals surface area contributed by atoms with Crippen LogP contribution in [0.25, 0.3) is 0 Å². The highest BCUT2D eigenvalue weighted by Crippen LogP contribution is 2.40. The number of likely N-dealkylation sites (N-methyl/N-ethyl adjacent to an activating group) is 1. The third-order valence-electron chi connectivity index (χ3n) is 3.45. The van der Waals surface area contributed by atoms with Gasteiger partial charge in [0.05, 0.1) is 32.0 Å². The predicted molar refractivity (Wildman–Crippen MR) is 77.7 cm³/mol. The highest BCUT2D eigenvalue weighted by molar-refractivity contribution is 5.82. The van der Waals surface area contributed by atoms with Crippen molar-refractivity contribution in [3.8, 4) is 0 Å². The Morgan fingerprint density at radius 1 is 1.25 bits per heavy atom. The Hall–Kier alpha value is -0.650. The third kappa shape index (κ3) is 5.04. The van der Waals surface area contributed by atoms with Crippen LogP contribution >= 0.6 is 0 Å². The molecule has 1 rings (SSSR count). The van der Waals surface area contributed by atoms with Gasteiger partial charge in [0.1, 0.15) is 5.54 Å². The number of rotatable bonds is 9. The molecule has 1 saturated carbocycles. The van der Waals surface area contributed by atoms with Crippen molar-refractivity contribution in [2.75, 3.05) is 33.5 Å². The maximum Gasteiger partial charge on any atom is 0.329 e. The number of esters is 1. The summed E-state index contributed by atoms with van der Waals surface area (Å²) in [6, 6.07) is 0. The van der Waals surface area contributed by atoms with Crippen LogP contribution in [0.5, 0.6) is 0 Å². The molecule has 0 aliphatic heterocycles. The smallest absolute Gasteiger partial charge is 0.329 e. The topological polar surface area (TPSA) is 56.8 Å². The van der Waals surface area contributed by atoms with Crippen LogP contribution in [0.2, 0.25) is 0 Å². The molecule has 1 fully saturated rings. The average molecular weight is 287 g/mol. The molecule has 0 amide bonds. The van der Waals surface area contributed by atoms with E-state index in [1.165, 1.54) is 0 Å². The summed E-state index contributed by atoms with van der Waals surface area (Å²) in [5, 5.41) is 3.13. The molecule has 0 aromatic rings. The minimum Gasteiger partial charge on any atom is -0.465 e. The lowest BCUT2D eigenvalue weighted by Gasteiger charge is -2.31. The largest absolute Gasteiger partial charge is 0.465 e. The van der Waals surface area contributed by atoms with Crippen LogP contribution in [0.3, 0.4) is 0 Å². The molecule has 20 heavy (non-hydrogen) atoms. The van der Waals surface area contributed by atoms with Crippen LogP contribution in [0, 0.1) is 5.92 Å². The molecular weight excluding hydrogens is 258 g/mol. The minimum atomic E-state index is -0.697. The fourth-order valence-electron chi connectivity index (χ4n) is 2.20. The lowest BCUT2D eigenvalue weighted by molar-refractivity contribution is -0.156. The second-order valence-corrected chi connectivity index (χ2v) is 6.23. The van der Waals surface area contributed by atoms with Gasteiger partial charge in [0.15, 0.2) is 0 Å². The normalized spacial score (nSPS) is 18.6. The van der Waals surface area contributed by atoms with Crippen molar-refractivity contribution in [2.45, 2.75) is 51.7 Å². The second kappa shape index (κ2) is 7.38. The molecule has 0 aromatic heterocycles. The number of hydrogen-bond acceptors (Lipinski definition) is 5. The molecule has 0 radical (unpaired) electrons. The lowest BCUT2D eigenvalue weighted by atomic mass is 9.94. The van der Waals surface area contributed by atoms with Gasteiger partial charge in [-0.25, -0.2) is 4.79 Å². The van der Waals surface area contributed by atoms with Crippen molar-refractivity contribution in [3.63, 3.8) is 0 Å². The highest BCUT2D eigenvalue weighted by Gasteiger charge is 2.51. The van der Waals surface area contributed by atoms with E-state index in [1.54, 1.807) is 7.05 Å². The van der Waals surface area contributed by atoms with E-state index in [9.17, 15) is 4.79 Å². The Morgan fingerprint density at radius 3 is 2.35 bits per heavy atom. The van der Waals surface area contributed by atoms with E-state index in [2.05, 4.69) is 5.32 Å². The van der Waals surface area contributed by atoms with Crippen LogP contribution < -0.4 is 5.32 Å². The quantitative estimate of drug-likeness (QED) is 0.517.